The molecule has 3 rings (SSSR count). The zero-order chi connectivity index (χ0) is 15.7. The predicted octanol–water partition coefficient (Wildman–Crippen LogP) is 1.76. The predicted molar refractivity (Wildman–Crippen MR) is 82.4 cm³/mol. The molecule has 0 bridgehead atoms. The molecule has 22 heavy (non-hydrogen) atoms. The van der Waals surface area contributed by atoms with Gasteiger partial charge < -0.3 is 15.0 Å². The number of carbonyl (C=O) groups excluding carboxylic acids is 2. The van der Waals surface area contributed by atoms with Crippen molar-refractivity contribution in [3.63, 3.8) is 0 Å². The van der Waals surface area contributed by atoms with Crippen molar-refractivity contribution in [3.8, 4) is 0 Å². The van der Waals surface area contributed by atoms with Crippen LogP contribution < -0.4 is 5.32 Å². The Labute approximate surface area is 134 Å². The number of nitrogens with one attached hydrogen (secondary N) is 1. The third kappa shape index (κ3) is 2.71. The Kier molecular flexibility index (Phi) is 4.36. The van der Waals surface area contributed by atoms with Gasteiger partial charge in [0.15, 0.2) is 0 Å². The number of hydrogen-bond acceptors (Lipinski definition) is 3. The monoisotopic (exact) mass is 322 g/mol. The molecule has 2 aliphatic rings. The van der Waals surface area contributed by atoms with Gasteiger partial charge in [0.1, 0.15) is 12.1 Å². The van der Waals surface area contributed by atoms with E-state index in [-0.39, 0.29) is 17.7 Å². The highest BCUT2D eigenvalue weighted by Crippen LogP contribution is 2.32. The lowest BCUT2D eigenvalue weighted by Gasteiger charge is -2.37. The topological polar surface area (TPSA) is 58.6 Å². The van der Waals surface area contributed by atoms with E-state index >= 15 is 0 Å². The molecule has 1 aromatic rings. The van der Waals surface area contributed by atoms with Crippen LogP contribution >= 0.6 is 11.6 Å². The van der Waals surface area contributed by atoms with Crippen LogP contribution in [0.2, 0.25) is 5.02 Å². The molecular formula is C16H19ClN2O3. The Hall–Kier alpha value is -1.59. The summed E-state index contributed by atoms with van der Waals surface area (Å²) in [5.41, 5.74) is 0.653. The highest BCUT2D eigenvalue weighted by Gasteiger charge is 2.41. The highest BCUT2D eigenvalue weighted by molar-refractivity contribution is 6.31. The van der Waals surface area contributed by atoms with Crippen molar-refractivity contribution < 1.29 is 14.3 Å². The minimum Gasteiger partial charge on any atom is -0.368 e. The molecule has 2 aliphatic heterocycles. The van der Waals surface area contributed by atoms with Gasteiger partial charge in [-0.15, -0.1) is 0 Å². The summed E-state index contributed by atoms with van der Waals surface area (Å²) in [7, 11) is 0. The maximum Gasteiger partial charge on any atom is 0.252 e. The van der Waals surface area contributed by atoms with E-state index in [4.69, 9.17) is 16.3 Å². The minimum absolute atomic E-state index is 0.121. The second-order valence-corrected chi connectivity index (χ2v) is 6.21. The van der Waals surface area contributed by atoms with Gasteiger partial charge >= 0.3 is 0 Å². The molecule has 2 heterocycles. The Morgan fingerprint density at radius 3 is 2.86 bits per heavy atom. The van der Waals surface area contributed by atoms with Crippen LogP contribution in [0.3, 0.4) is 0 Å². The normalized spacial score (nSPS) is 28.5. The van der Waals surface area contributed by atoms with Gasteiger partial charge in [-0.3, -0.25) is 9.59 Å². The van der Waals surface area contributed by atoms with E-state index in [0.29, 0.717) is 30.3 Å². The van der Waals surface area contributed by atoms with Crippen LogP contribution in [0.25, 0.3) is 0 Å². The summed E-state index contributed by atoms with van der Waals surface area (Å²) in [4.78, 5) is 26.8. The molecule has 0 aliphatic carbocycles. The highest BCUT2D eigenvalue weighted by atomic mass is 35.5. The summed E-state index contributed by atoms with van der Waals surface area (Å²) in [6, 6.07) is 6.46. The fraction of sp³-hybridized carbons (Fsp3) is 0.500. The summed E-state index contributed by atoms with van der Waals surface area (Å²) < 4.78 is 5.57. The number of rotatable bonds is 2. The maximum absolute atomic E-state index is 12.8. The Balaban J connectivity index is 1.92. The maximum atomic E-state index is 12.8. The van der Waals surface area contributed by atoms with Crippen LogP contribution in [0.15, 0.2) is 24.3 Å². The average Bonchev–Trinajstić information content (AvgIpc) is 2.93. The Bertz CT molecular complexity index is 593. The molecule has 0 aromatic heterocycles. The number of ether oxygens (including phenoxy) is 1. The van der Waals surface area contributed by atoms with Crippen molar-refractivity contribution in [2.24, 2.45) is 5.92 Å². The van der Waals surface area contributed by atoms with Crippen LogP contribution in [-0.2, 0) is 14.3 Å². The first-order valence-electron chi connectivity index (χ1n) is 7.54. The Morgan fingerprint density at radius 2 is 2.18 bits per heavy atom. The lowest BCUT2D eigenvalue weighted by atomic mass is 9.98. The molecule has 2 saturated heterocycles. The van der Waals surface area contributed by atoms with Crippen LogP contribution in [0.5, 0.6) is 0 Å². The third-order valence-electron chi connectivity index (χ3n) is 4.33. The number of carbonyl (C=O) groups is 2. The van der Waals surface area contributed by atoms with Crippen molar-refractivity contribution in [2.45, 2.75) is 25.5 Å². The van der Waals surface area contributed by atoms with Crippen molar-refractivity contribution in [1.29, 1.82) is 0 Å². The van der Waals surface area contributed by atoms with Crippen molar-refractivity contribution >= 4 is 23.4 Å². The van der Waals surface area contributed by atoms with Crippen LogP contribution in [0.4, 0.5) is 0 Å². The second-order valence-electron chi connectivity index (χ2n) is 5.80. The van der Waals surface area contributed by atoms with Gasteiger partial charge in [-0.2, -0.15) is 0 Å². The summed E-state index contributed by atoms with van der Waals surface area (Å²) in [5.74, 6) is -0.146. The molecule has 0 radical (unpaired) electrons. The van der Waals surface area contributed by atoms with E-state index in [0.717, 1.165) is 6.42 Å². The second kappa shape index (κ2) is 6.26. The van der Waals surface area contributed by atoms with Gasteiger partial charge in [0, 0.05) is 30.3 Å². The Morgan fingerprint density at radius 1 is 1.41 bits per heavy atom. The molecular weight excluding hydrogens is 304 g/mol. The molecule has 0 saturated carbocycles. The molecule has 1 aromatic carbocycles. The molecule has 0 unspecified atom stereocenters. The van der Waals surface area contributed by atoms with Gasteiger partial charge in [0.25, 0.3) is 5.91 Å². The summed E-state index contributed by atoms with van der Waals surface area (Å²) in [6.45, 7) is 3.51. The lowest BCUT2D eigenvalue weighted by molar-refractivity contribution is -0.151. The average molecular weight is 323 g/mol. The number of piperazine rings is 1. The standard InChI is InChI=1S/C16H19ClN2O3/c1-10-6-9-22-14(10)16(21)19-8-7-18-15(20)13(19)11-4-2-3-5-12(11)17/h2-5,10,13-14H,6-9H2,1H3,(H,18,20)/t10-,13+,14-/m1/s1. The number of nitrogens with zero attached hydrogens (tertiary/aromatic N) is 1. The molecule has 3 atom stereocenters. The van der Waals surface area contributed by atoms with Crippen LogP contribution in [0, 0.1) is 5.92 Å². The SMILES string of the molecule is C[C@@H]1CCO[C@H]1C(=O)N1CCNC(=O)[C@@H]1c1ccccc1Cl. The van der Waals surface area contributed by atoms with Crippen LogP contribution in [0.1, 0.15) is 24.9 Å². The molecule has 2 amide bonds. The quantitative estimate of drug-likeness (QED) is 0.902. The third-order valence-corrected chi connectivity index (χ3v) is 4.67. The first kappa shape index (κ1) is 15.3. The van der Waals surface area contributed by atoms with Crippen molar-refractivity contribution in [3.05, 3.63) is 34.9 Å². The van der Waals surface area contributed by atoms with Gasteiger partial charge in [-0.25, -0.2) is 0 Å². The number of benzene rings is 1. The van der Waals surface area contributed by atoms with E-state index in [1.807, 2.05) is 13.0 Å². The molecule has 118 valence electrons. The molecule has 0 spiro atoms. The minimum atomic E-state index is -0.689. The van der Waals surface area contributed by atoms with E-state index in [1.54, 1.807) is 23.1 Å². The zero-order valence-corrected chi connectivity index (χ0v) is 13.2. The smallest absolute Gasteiger partial charge is 0.252 e. The molecule has 1 N–H and O–H groups in total. The molecule has 6 heteroatoms. The van der Waals surface area contributed by atoms with E-state index < -0.39 is 12.1 Å². The fourth-order valence-electron chi connectivity index (χ4n) is 3.08. The van der Waals surface area contributed by atoms with Gasteiger partial charge in [-0.05, 0) is 18.4 Å². The first-order valence-corrected chi connectivity index (χ1v) is 7.91. The zero-order valence-electron chi connectivity index (χ0n) is 12.4. The van der Waals surface area contributed by atoms with Gasteiger partial charge in [0.05, 0.1) is 0 Å². The number of hydrogen-bond donors (Lipinski definition) is 1. The largest absolute Gasteiger partial charge is 0.368 e. The fourth-order valence-corrected chi connectivity index (χ4v) is 3.32. The van der Waals surface area contributed by atoms with Gasteiger partial charge in [0.2, 0.25) is 5.91 Å². The number of amides is 2. The van der Waals surface area contributed by atoms with Crippen LogP contribution in [-0.4, -0.2) is 42.5 Å². The molecule has 2 fully saturated rings. The van der Waals surface area contributed by atoms with E-state index in [1.165, 1.54) is 0 Å². The van der Waals surface area contributed by atoms with E-state index in [2.05, 4.69) is 5.32 Å². The van der Waals surface area contributed by atoms with Crippen molar-refractivity contribution in [2.75, 3.05) is 19.7 Å². The summed E-state index contributed by atoms with van der Waals surface area (Å²) in [5, 5.41) is 3.30. The summed E-state index contributed by atoms with van der Waals surface area (Å²) in [6.07, 6.45) is 0.406. The molecule has 5 nitrogen and oxygen atoms in total. The lowest BCUT2D eigenvalue weighted by Crippen LogP contribution is -2.55. The first-order chi connectivity index (χ1) is 10.6. The van der Waals surface area contributed by atoms with Crippen molar-refractivity contribution in [1.82, 2.24) is 10.2 Å². The summed E-state index contributed by atoms with van der Waals surface area (Å²) >= 11 is 6.23. The van der Waals surface area contributed by atoms with Gasteiger partial charge in [-0.1, -0.05) is 36.7 Å². The number of halogens is 1. The van der Waals surface area contributed by atoms with E-state index in [9.17, 15) is 9.59 Å².